The summed E-state index contributed by atoms with van der Waals surface area (Å²) in [4.78, 5) is 18.0. The maximum atomic E-state index is 6.25. The first-order valence-corrected chi connectivity index (χ1v) is 13.7. The molecule has 2 aliphatic heterocycles. The molecule has 7 nitrogen and oxygen atoms in total. The molecule has 188 valence electrons. The van der Waals surface area contributed by atoms with Crippen LogP contribution in [0.1, 0.15) is 43.4 Å². The Morgan fingerprint density at radius 3 is 2.72 bits per heavy atom. The van der Waals surface area contributed by atoms with Crippen LogP contribution in [0.15, 0.2) is 36.7 Å². The maximum Gasteiger partial charge on any atom is 0.147 e. The van der Waals surface area contributed by atoms with Gasteiger partial charge in [0.2, 0.25) is 0 Å². The van der Waals surface area contributed by atoms with E-state index in [-0.39, 0.29) is 5.60 Å². The van der Waals surface area contributed by atoms with Crippen LogP contribution in [0.5, 0.6) is 0 Å². The minimum Gasteiger partial charge on any atom is -0.378 e. The molecule has 0 amide bonds. The summed E-state index contributed by atoms with van der Waals surface area (Å²) in [6.45, 7) is 8.98. The summed E-state index contributed by atoms with van der Waals surface area (Å²) in [5.74, 6) is 1.96. The molecule has 4 aromatic rings. The molecule has 2 aliphatic rings. The lowest BCUT2D eigenvalue weighted by Crippen LogP contribution is -2.39. The maximum absolute atomic E-state index is 6.25. The monoisotopic (exact) mass is 503 g/mol. The molecule has 6 rings (SSSR count). The number of morpholine rings is 1. The number of fused-ring (bicyclic) bond motifs is 5. The van der Waals surface area contributed by atoms with Crippen LogP contribution in [-0.2, 0) is 28.9 Å². The number of pyridine rings is 1. The first-order valence-electron chi connectivity index (χ1n) is 12.9. The van der Waals surface area contributed by atoms with Gasteiger partial charge in [0.25, 0.3) is 0 Å². The van der Waals surface area contributed by atoms with Crippen molar-refractivity contribution in [3.8, 4) is 0 Å². The van der Waals surface area contributed by atoms with E-state index in [2.05, 4.69) is 59.4 Å². The van der Waals surface area contributed by atoms with Crippen molar-refractivity contribution < 1.29 is 9.47 Å². The molecule has 1 saturated heterocycles. The number of anilines is 2. The van der Waals surface area contributed by atoms with Gasteiger partial charge in [-0.25, -0.2) is 15.0 Å². The fraction of sp³-hybridized carbons (Fsp3) is 0.464. The minimum absolute atomic E-state index is 0.218. The van der Waals surface area contributed by atoms with Gasteiger partial charge in [-0.2, -0.15) is 0 Å². The largest absolute Gasteiger partial charge is 0.378 e. The first-order chi connectivity index (χ1) is 17.6. The van der Waals surface area contributed by atoms with E-state index in [9.17, 15) is 0 Å². The minimum atomic E-state index is -0.218. The number of hydrogen-bond acceptors (Lipinski definition) is 8. The second kappa shape index (κ2) is 9.92. The van der Waals surface area contributed by atoms with Crippen LogP contribution in [0.3, 0.4) is 0 Å². The van der Waals surface area contributed by atoms with Gasteiger partial charge in [0.15, 0.2) is 0 Å². The Kier molecular flexibility index (Phi) is 6.50. The van der Waals surface area contributed by atoms with E-state index in [0.29, 0.717) is 6.61 Å². The molecule has 0 radical (unpaired) electrons. The van der Waals surface area contributed by atoms with Gasteiger partial charge < -0.3 is 19.7 Å². The molecular weight excluding hydrogens is 470 g/mol. The molecule has 0 spiro atoms. The number of rotatable bonds is 7. The number of aryl methyl sites for hydroxylation is 1. The molecule has 3 aromatic heterocycles. The highest BCUT2D eigenvalue weighted by molar-refractivity contribution is 7.26. The zero-order chi connectivity index (χ0) is 24.5. The van der Waals surface area contributed by atoms with Gasteiger partial charge in [-0.1, -0.05) is 30.3 Å². The Morgan fingerprint density at radius 1 is 1.06 bits per heavy atom. The van der Waals surface area contributed by atoms with Crippen molar-refractivity contribution in [2.45, 2.75) is 51.7 Å². The number of hydrogen-bond donors (Lipinski definition) is 1. The van der Waals surface area contributed by atoms with Crippen LogP contribution in [0.25, 0.3) is 20.4 Å². The topological polar surface area (TPSA) is 72.4 Å². The number of unbranched alkanes of at least 4 members (excludes halogenated alkanes) is 1. The van der Waals surface area contributed by atoms with E-state index in [1.807, 2.05) is 0 Å². The van der Waals surface area contributed by atoms with E-state index >= 15 is 0 Å². The van der Waals surface area contributed by atoms with Gasteiger partial charge in [0.05, 0.1) is 35.6 Å². The van der Waals surface area contributed by atoms with E-state index < -0.39 is 0 Å². The van der Waals surface area contributed by atoms with Gasteiger partial charge >= 0.3 is 0 Å². The fourth-order valence-electron chi connectivity index (χ4n) is 5.26. The zero-order valence-corrected chi connectivity index (χ0v) is 21.9. The smallest absolute Gasteiger partial charge is 0.147 e. The molecule has 36 heavy (non-hydrogen) atoms. The third kappa shape index (κ3) is 4.65. The number of benzene rings is 1. The van der Waals surface area contributed by atoms with E-state index in [0.717, 1.165) is 85.2 Å². The van der Waals surface area contributed by atoms with Crippen molar-refractivity contribution in [2.75, 3.05) is 43.1 Å². The molecule has 1 N–H and O–H groups in total. The van der Waals surface area contributed by atoms with Crippen molar-refractivity contribution in [3.63, 3.8) is 0 Å². The SMILES string of the molecule is CC1(C)Cc2c(c(N3CCOCC3)nc3sc4c(NCCCCc5ccccc5)ncnc4c23)CO1. The second-order valence-corrected chi connectivity index (χ2v) is 11.3. The Labute approximate surface area is 215 Å². The van der Waals surface area contributed by atoms with Gasteiger partial charge in [0, 0.05) is 37.0 Å². The Balaban J connectivity index is 1.31. The zero-order valence-electron chi connectivity index (χ0n) is 21.0. The van der Waals surface area contributed by atoms with Gasteiger partial charge in [-0.15, -0.1) is 11.3 Å². The Morgan fingerprint density at radius 2 is 1.89 bits per heavy atom. The van der Waals surface area contributed by atoms with Crippen LogP contribution >= 0.6 is 11.3 Å². The Hall–Kier alpha value is -2.81. The highest BCUT2D eigenvalue weighted by Crippen LogP contribution is 2.44. The van der Waals surface area contributed by atoms with Crippen molar-refractivity contribution in [1.29, 1.82) is 0 Å². The fourth-order valence-corrected chi connectivity index (χ4v) is 6.38. The lowest BCUT2D eigenvalue weighted by molar-refractivity contribution is -0.0396. The van der Waals surface area contributed by atoms with Crippen LogP contribution in [-0.4, -0.2) is 53.4 Å². The summed E-state index contributed by atoms with van der Waals surface area (Å²) in [7, 11) is 0. The average Bonchev–Trinajstić information content (AvgIpc) is 3.28. The molecule has 1 fully saturated rings. The normalized spacial score (nSPS) is 17.4. The van der Waals surface area contributed by atoms with Gasteiger partial charge in [0.1, 0.15) is 22.8 Å². The van der Waals surface area contributed by atoms with Crippen LogP contribution < -0.4 is 10.2 Å². The predicted molar refractivity (Wildman–Crippen MR) is 146 cm³/mol. The van der Waals surface area contributed by atoms with Crippen molar-refractivity contribution in [1.82, 2.24) is 15.0 Å². The highest BCUT2D eigenvalue weighted by Gasteiger charge is 2.33. The molecule has 1 aromatic carbocycles. The molecule has 0 unspecified atom stereocenters. The standard InChI is InChI=1S/C28H33N5O2S/c1-28(2)16-20-21(17-35-28)26(33-12-14-34-15-13-33)32-27-22(20)23-24(36-27)25(31-18-30-23)29-11-7-6-10-19-8-4-3-5-9-19/h3-5,8-9,18H,6-7,10-17H2,1-2H3,(H,29,30,31). The molecule has 0 saturated carbocycles. The average molecular weight is 504 g/mol. The number of nitrogens with one attached hydrogen (secondary N) is 1. The van der Waals surface area contributed by atoms with E-state index in [1.54, 1.807) is 17.7 Å². The van der Waals surface area contributed by atoms with Gasteiger partial charge in [-0.3, -0.25) is 0 Å². The number of nitrogens with zero attached hydrogens (tertiary/aromatic N) is 4. The number of thiophene rings is 1. The summed E-state index contributed by atoms with van der Waals surface area (Å²) in [6.07, 6.45) is 5.86. The van der Waals surface area contributed by atoms with Crippen molar-refractivity contribution in [3.05, 3.63) is 53.3 Å². The summed E-state index contributed by atoms with van der Waals surface area (Å²) in [5, 5.41) is 4.76. The van der Waals surface area contributed by atoms with Gasteiger partial charge in [-0.05, 0) is 44.2 Å². The molecule has 8 heteroatoms. The number of ether oxygens (including phenoxy) is 2. The predicted octanol–water partition coefficient (Wildman–Crippen LogP) is 5.36. The lowest BCUT2D eigenvalue weighted by atomic mass is 9.90. The van der Waals surface area contributed by atoms with Crippen LogP contribution in [0.2, 0.25) is 0 Å². The molecule has 0 aliphatic carbocycles. The third-order valence-corrected chi connectivity index (χ3v) is 8.22. The van der Waals surface area contributed by atoms with E-state index in [1.165, 1.54) is 22.1 Å². The first kappa shape index (κ1) is 23.6. The summed E-state index contributed by atoms with van der Waals surface area (Å²) in [5.41, 5.74) is 4.72. The molecule has 0 bridgehead atoms. The Bertz CT molecular complexity index is 1370. The van der Waals surface area contributed by atoms with Crippen LogP contribution in [0, 0.1) is 0 Å². The lowest BCUT2D eigenvalue weighted by Gasteiger charge is -2.36. The highest BCUT2D eigenvalue weighted by atomic mass is 32.1. The van der Waals surface area contributed by atoms with Crippen molar-refractivity contribution >= 4 is 43.4 Å². The third-order valence-electron chi connectivity index (χ3n) is 7.14. The van der Waals surface area contributed by atoms with E-state index in [4.69, 9.17) is 19.4 Å². The molecular formula is C28H33N5O2S. The van der Waals surface area contributed by atoms with Crippen LogP contribution in [0.4, 0.5) is 11.6 Å². The summed E-state index contributed by atoms with van der Waals surface area (Å²) >= 11 is 1.70. The number of aromatic nitrogens is 3. The van der Waals surface area contributed by atoms with Crippen molar-refractivity contribution in [2.24, 2.45) is 0 Å². The molecule has 5 heterocycles. The quantitative estimate of drug-likeness (QED) is 0.340. The second-order valence-electron chi connectivity index (χ2n) is 10.3. The summed E-state index contributed by atoms with van der Waals surface area (Å²) in [6, 6.07) is 10.7. The molecule has 0 atom stereocenters. The summed E-state index contributed by atoms with van der Waals surface area (Å²) < 4.78 is 12.9.